The van der Waals surface area contributed by atoms with Gasteiger partial charge < -0.3 is 4.42 Å². The Labute approximate surface area is 155 Å². The zero-order valence-corrected chi connectivity index (χ0v) is 15.7. The fourth-order valence-electron chi connectivity index (χ4n) is 3.92. The average molecular weight is 349 g/mol. The molecule has 0 spiro atoms. The Morgan fingerprint density at radius 2 is 1.96 bits per heavy atom. The lowest BCUT2D eigenvalue weighted by molar-refractivity contribution is 0.184. The largest absolute Gasteiger partial charge is 0.465 e. The summed E-state index contributed by atoms with van der Waals surface area (Å²) in [7, 11) is 0. The molecule has 1 saturated heterocycles. The van der Waals surface area contributed by atoms with Gasteiger partial charge in [0.15, 0.2) is 0 Å². The number of furan rings is 1. The maximum absolute atomic E-state index is 5.90. The van der Waals surface area contributed by atoms with Crippen LogP contribution < -0.4 is 0 Å². The molecule has 4 rings (SSSR count). The molecular weight excluding hydrogens is 322 g/mol. The smallest absolute Gasteiger partial charge is 0.118 e. The molecule has 0 unspecified atom stereocenters. The van der Waals surface area contributed by atoms with Gasteiger partial charge in [-0.15, -0.1) is 0 Å². The van der Waals surface area contributed by atoms with Gasteiger partial charge in [0.2, 0.25) is 0 Å². The maximum Gasteiger partial charge on any atom is 0.118 e. The predicted octanol–water partition coefficient (Wildman–Crippen LogP) is 4.92. The van der Waals surface area contributed by atoms with Crippen LogP contribution in [0.25, 0.3) is 11.1 Å². The topological polar surface area (TPSA) is 45.1 Å². The number of likely N-dealkylation sites (tertiary alicyclic amines) is 1. The Morgan fingerprint density at radius 1 is 1.15 bits per heavy atom. The third-order valence-electron chi connectivity index (χ3n) is 5.39. The summed E-state index contributed by atoms with van der Waals surface area (Å²) in [5.74, 6) is 2.64. The molecule has 0 amide bonds. The first-order valence-corrected chi connectivity index (χ1v) is 9.63. The van der Waals surface area contributed by atoms with Gasteiger partial charge in [-0.3, -0.25) is 10.00 Å². The molecule has 136 valence electrons. The van der Waals surface area contributed by atoms with E-state index in [2.05, 4.69) is 65.3 Å². The van der Waals surface area contributed by atoms with Crippen LogP contribution in [-0.2, 0) is 13.0 Å². The Bertz CT molecular complexity index is 846. The van der Waals surface area contributed by atoms with E-state index in [9.17, 15) is 0 Å². The van der Waals surface area contributed by atoms with Crippen molar-refractivity contribution in [2.45, 2.75) is 45.6 Å². The van der Waals surface area contributed by atoms with Gasteiger partial charge in [-0.05, 0) is 44.0 Å². The summed E-state index contributed by atoms with van der Waals surface area (Å²) >= 11 is 0. The fraction of sp³-hybridized carbons (Fsp3) is 0.409. The average Bonchev–Trinajstić information content (AvgIpc) is 3.32. The fourth-order valence-corrected chi connectivity index (χ4v) is 3.92. The summed E-state index contributed by atoms with van der Waals surface area (Å²) < 4.78 is 5.90. The van der Waals surface area contributed by atoms with Gasteiger partial charge in [0, 0.05) is 30.1 Å². The lowest BCUT2D eigenvalue weighted by Gasteiger charge is -2.32. The van der Waals surface area contributed by atoms with E-state index in [0.29, 0.717) is 5.92 Å². The second-order valence-electron chi connectivity index (χ2n) is 7.36. The molecule has 1 aliphatic rings. The first-order chi connectivity index (χ1) is 12.7. The molecule has 3 heterocycles. The second-order valence-corrected chi connectivity index (χ2v) is 7.36. The van der Waals surface area contributed by atoms with E-state index in [4.69, 9.17) is 4.42 Å². The number of benzene rings is 1. The summed E-state index contributed by atoms with van der Waals surface area (Å²) in [6.45, 7) is 7.32. The van der Waals surface area contributed by atoms with E-state index in [-0.39, 0.29) is 0 Å². The minimum absolute atomic E-state index is 0.489. The molecule has 2 aromatic heterocycles. The van der Waals surface area contributed by atoms with E-state index < -0.39 is 0 Å². The number of nitrogens with one attached hydrogen (secondary N) is 1. The number of aromatic nitrogens is 2. The van der Waals surface area contributed by atoms with Gasteiger partial charge in [-0.1, -0.05) is 36.8 Å². The number of aromatic amines is 1. The maximum atomic E-state index is 5.90. The molecule has 0 radical (unpaired) electrons. The van der Waals surface area contributed by atoms with Crippen LogP contribution in [0.2, 0.25) is 0 Å². The lowest BCUT2D eigenvalue weighted by atomic mass is 9.90. The van der Waals surface area contributed by atoms with Gasteiger partial charge in [0.05, 0.1) is 12.7 Å². The van der Waals surface area contributed by atoms with Gasteiger partial charge >= 0.3 is 0 Å². The normalized spacial score (nSPS) is 18.3. The first kappa shape index (κ1) is 17.1. The predicted molar refractivity (Wildman–Crippen MR) is 104 cm³/mol. The van der Waals surface area contributed by atoms with Crippen LogP contribution in [0.1, 0.15) is 48.5 Å². The number of hydrogen-bond acceptors (Lipinski definition) is 3. The summed E-state index contributed by atoms with van der Waals surface area (Å²) in [4.78, 5) is 2.51. The van der Waals surface area contributed by atoms with Crippen molar-refractivity contribution in [2.24, 2.45) is 0 Å². The minimum Gasteiger partial charge on any atom is -0.465 e. The van der Waals surface area contributed by atoms with Crippen molar-refractivity contribution in [3.05, 3.63) is 65.4 Å². The Balaban J connectivity index is 1.50. The van der Waals surface area contributed by atoms with Crippen LogP contribution in [0.5, 0.6) is 0 Å². The highest BCUT2D eigenvalue weighted by molar-refractivity contribution is 5.66. The molecule has 4 nitrogen and oxygen atoms in total. The van der Waals surface area contributed by atoms with Crippen LogP contribution in [0.4, 0.5) is 0 Å². The molecule has 3 aromatic rings. The zero-order chi connectivity index (χ0) is 17.9. The molecule has 1 aromatic carbocycles. The van der Waals surface area contributed by atoms with E-state index in [1.54, 1.807) is 0 Å². The summed E-state index contributed by atoms with van der Waals surface area (Å²) in [5.41, 5.74) is 5.04. The number of hydrogen-bond donors (Lipinski definition) is 1. The van der Waals surface area contributed by atoms with Crippen LogP contribution in [-0.4, -0.2) is 28.2 Å². The highest BCUT2D eigenvalue weighted by Crippen LogP contribution is 2.33. The number of piperidine rings is 1. The van der Waals surface area contributed by atoms with Gasteiger partial charge in [0.25, 0.3) is 0 Å². The van der Waals surface area contributed by atoms with Crippen molar-refractivity contribution >= 4 is 0 Å². The van der Waals surface area contributed by atoms with Crippen LogP contribution >= 0.6 is 0 Å². The molecule has 0 bridgehead atoms. The molecule has 1 atom stereocenters. The summed E-state index contributed by atoms with van der Waals surface area (Å²) in [5, 5.41) is 7.64. The number of H-pyrrole nitrogens is 1. The standard InChI is InChI=1S/C22H27N3O/c1-3-19-10-11-20(26-19)15-25-12-4-5-18(14-25)22-21(13-23-24-22)17-8-6-16(2)7-9-17/h6-11,13,18H,3-5,12,14-15H2,1-2H3,(H,23,24)/t18-/m0/s1. The third kappa shape index (κ3) is 3.61. The first-order valence-electron chi connectivity index (χ1n) is 9.63. The molecule has 1 fully saturated rings. The van der Waals surface area contributed by atoms with Crippen molar-refractivity contribution in [2.75, 3.05) is 13.1 Å². The lowest BCUT2D eigenvalue weighted by Crippen LogP contribution is -2.34. The Morgan fingerprint density at radius 3 is 2.73 bits per heavy atom. The Hall–Kier alpha value is -2.33. The van der Waals surface area contributed by atoms with Gasteiger partial charge in [-0.25, -0.2) is 0 Å². The van der Waals surface area contributed by atoms with Crippen molar-refractivity contribution in [1.82, 2.24) is 15.1 Å². The number of nitrogens with zero attached hydrogens (tertiary/aromatic N) is 2. The van der Waals surface area contributed by atoms with E-state index in [1.165, 1.54) is 35.2 Å². The van der Waals surface area contributed by atoms with Gasteiger partial charge in [-0.2, -0.15) is 5.10 Å². The molecule has 1 aliphatic heterocycles. The Kier molecular flexibility index (Phi) is 4.93. The van der Waals surface area contributed by atoms with Crippen LogP contribution in [0, 0.1) is 6.92 Å². The molecule has 4 heteroatoms. The van der Waals surface area contributed by atoms with E-state index >= 15 is 0 Å². The number of rotatable bonds is 5. The van der Waals surface area contributed by atoms with E-state index in [0.717, 1.165) is 37.6 Å². The van der Waals surface area contributed by atoms with Crippen molar-refractivity contribution < 1.29 is 4.42 Å². The van der Waals surface area contributed by atoms with Crippen molar-refractivity contribution in [3.63, 3.8) is 0 Å². The number of aryl methyl sites for hydroxylation is 2. The molecule has 26 heavy (non-hydrogen) atoms. The molecule has 0 saturated carbocycles. The molecule has 1 N–H and O–H groups in total. The van der Waals surface area contributed by atoms with Crippen molar-refractivity contribution in [1.29, 1.82) is 0 Å². The SMILES string of the molecule is CCc1ccc(CN2CCC[C@H](c3[nH]ncc3-c3ccc(C)cc3)C2)o1. The minimum atomic E-state index is 0.489. The van der Waals surface area contributed by atoms with E-state index in [1.807, 2.05) is 6.20 Å². The van der Waals surface area contributed by atoms with Gasteiger partial charge in [0.1, 0.15) is 11.5 Å². The highest BCUT2D eigenvalue weighted by Gasteiger charge is 2.25. The van der Waals surface area contributed by atoms with Crippen LogP contribution in [0.15, 0.2) is 47.0 Å². The monoisotopic (exact) mass is 349 g/mol. The summed E-state index contributed by atoms with van der Waals surface area (Å²) in [6.07, 6.45) is 5.34. The molecule has 0 aliphatic carbocycles. The quantitative estimate of drug-likeness (QED) is 0.711. The second kappa shape index (κ2) is 7.50. The molecular formula is C22H27N3O. The summed E-state index contributed by atoms with van der Waals surface area (Å²) in [6, 6.07) is 12.9. The van der Waals surface area contributed by atoms with Crippen LogP contribution in [0.3, 0.4) is 0 Å². The third-order valence-corrected chi connectivity index (χ3v) is 5.39. The van der Waals surface area contributed by atoms with Crippen molar-refractivity contribution in [3.8, 4) is 11.1 Å². The zero-order valence-electron chi connectivity index (χ0n) is 15.7. The highest BCUT2D eigenvalue weighted by atomic mass is 16.3.